The summed E-state index contributed by atoms with van der Waals surface area (Å²) in [6, 6.07) is 2.75. The molecule has 0 atom stereocenters. The molecule has 0 aliphatic heterocycles. The van der Waals surface area contributed by atoms with Gasteiger partial charge < -0.3 is 19.5 Å². The second kappa shape index (κ2) is 4.36. The van der Waals surface area contributed by atoms with Crippen molar-refractivity contribution in [2.24, 2.45) is 0 Å². The molecule has 1 rings (SSSR count). The van der Waals surface area contributed by atoms with Gasteiger partial charge in [0.15, 0.2) is 0 Å². The third-order valence-corrected chi connectivity index (χ3v) is 2.09. The van der Waals surface area contributed by atoms with Crippen LogP contribution in [0.5, 0.6) is 11.5 Å². The Balaban J connectivity index is 3.25. The largest absolute Gasteiger partial charge is 0.508 e. The molecule has 0 amide bonds. The molecule has 0 heterocycles. The molecule has 3 N–H and O–H groups in total. The summed E-state index contributed by atoms with van der Waals surface area (Å²) >= 11 is 0.468. The molecule has 72 valence electrons. The van der Waals surface area contributed by atoms with E-state index in [4.69, 9.17) is 14.4 Å². The number of ether oxygens (including phenoxy) is 1. The molecule has 0 aromatic heterocycles. The van der Waals surface area contributed by atoms with Crippen LogP contribution in [0.1, 0.15) is 5.56 Å². The average Bonchev–Trinajstić information content (AvgIpc) is 2.16. The van der Waals surface area contributed by atoms with E-state index in [9.17, 15) is 5.11 Å². The zero-order valence-electron chi connectivity index (χ0n) is 7.02. The number of aromatic hydroxyl groups is 1. The van der Waals surface area contributed by atoms with Gasteiger partial charge in [-0.2, -0.15) is 0 Å². The number of rotatable bonds is 3. The van der Waals surface area contributed by atoms with Gasteiger partial charge in [0.05, 0.1) is 18.6 Å². The second-order valence-corrected chi connectivity index (χ2v) is 3.01. The number of phenols is 1. The summed E-state index contributed by atoms with van der Waals surface area (Å²) in [7, 11) is 1.44. The summed E-state index contributed by atoms with van der Waals surface area (Å²) in [6.07, 6.45) is 0. The van der Waals surface area contributed by atoms with Crippen LogP contribution < -0.4 is 4.74 Å². The highest BCUT2D eigenvalue weighted by Gasteiger charge is 2.10. The highest BCUT2D eigenvalue weighted by Crippen LogP contribution is 2.34. The van der Waals surface area contributed by atoms with E-state index in [-0.39, 0.29) is 12.4 Å². The van der Waals surface area contributed by atoms with E-state index in [0.29, 0.717) is 28.3 Å². The van der Waals surface area contributed by atoms with Gasteiger partial charge in [0.2, 0.25) is 0 Å². The average molecular weight is 202 g/mol. The zero-order chi connectivity index (χ0) is 9.84. The molecule has 0 aliphatic carbocycles. The number of aliphatic hydroxyl groups is 1. The van der Waals surface area contributed by atoms with Crippen LogP contribution in [0.3, 0.4) is 0 Å². The monoisotopic (exact) mass is 202 g/mol. The fourth-order valence-electron chi connectivity index (χ4n) is 1.06. The maximum atomic E-state index is 9.18. The maximum absolute atomic E-state index is 9.18. The Hall–Kier alpha value is -0.910. The second-order valence-electron chi connectivity index (χ2n) is 2.39. The van der Waals surface area contributed by atoms with Gasteiger partial charge in [0, 0.05) is 17.6 Å². The van der Waals surface area contributed by atoms with E-state index in [0.717, 1.165) is 0 Å². The third-order valence-electron chi connectivity index (χ3n) is 1.59. The summed E-state index contributed by atoms with van der Waals surface area (Å²) in [6.45, 7) is -0.245. The van der Waals surface area contributed by atoms with Gasteiger partial charge in [-0.3, -0.25) is 0 Å². The molecular weight excluding hydrogens is 192 g/mol. The number of hydrogen-bond donors (Lipinski definition) is 3. The van der Waals surface area contributed by atoms with Gasteiger partial charge in [-0.15, -0.1) is 0 Å². The fraction of sp³-hybridized carbons (Fsp3) is 0.250. The minimum atomic E-state index is -0.245. The first-order valence-electron chi connectivity index (χ1n) is 3.55. The third kappa shape index (κ3) is 2.06. The Kier molecular flexibility index (Phi) is 3.41. The fourth-order valence-corrected chi connectivity index (χ4v) is 1.53. The SMILES string of the molecule is COc1c(CO)cc(O)cc1SO. The standard InChI is InChI=1S/C8H10O4S/c1-12-8-5(4-9)2-6(10)3-7(8)13-11/h2-3,9-11H,4H2,1H3. The predicted octanol–water partition coefficient (Wildman–Crippen LogP) is 1.46. The topological polar surface area (TPSA) is 69.9 Å². The normalized spacial score (nSPS) is 10.1. The lowest BCUT2D eigenvalue weighted by Crippen LogP contribution is -1.93. The minimum absolute atomic E-state index is 0.0126. The van der Waals surface area contributed by atoms with Crippen molar-refractivity contribution in [1.82, 2.24) is 0 Å². The first kappa shape index (κ1) is 10.2. The van der Waals surface area contributed by atoms with Gasteiger partial charge >= 0.3 is 0 Å². The molecule has 0 spiro atoms. The first-order valence-corrected chi connectivity index (χ1v) is 4.32. The van der Waals surface area contributed by atoms with Crippen LogP contribution in [-0.4, -0.2) is 21.9 Å². The highest BCUT2D eigenvalue weighted by atomic mass is 32.2. The molecule has 0 aliphatic rings. The Morgan fingerprint density at radius 2 is 2.15 bits per heavy atom. The molecule has 0 unspecified atom stereocenters. The van der Waals surface area contributed by atoms with Gasteiger partial charge in [0.1, 0.15) is 11.5 Å². The number of methoxy groups -OCH3 is 1. The minimum Gasteiger partial charge on any atom is -0.508 e. The lowest BCUT2D eigenvalue weighted by molar-refractivity contribution is 0.271. The van der Waals surface area contributed by atoms with E-state index in [1.54, 1.807) is 0 Å². The summed E-state index contributed by atoms with van der Waals surface area (Å²) in [5, 5.41) is 18.1. The summed E-state index contributed by atoms with van der Waals surface area (Å²) in [5.41, 5.74) is 0.444. The van der Waals surface area contributed by atoms with Crippen molar-refractivity contribution in [3.05, 3.63) is 17.7 Å². The molecule has 1 aromatic carbocycles. The van der Waals surface area contributed by atoms with Crippen molar-refractivity contribution in [1.29, 1.82) is 0 Å². The molecule has 0 saturated heterocycles. The molecule has 5 heteroatoms. The molecule has 4 nitrogen and oxygen atoms in total. The van der Waals surface area contributed by atoms with E-state index >= 15 is 0 Å². The van der Waals surface area contributed by atoms with Crippen molar-refractivity contribution in [3.8, 4) is 11.5 Å². The lowest BCUT2D eigenvalue weighted by atomic mass is 10.2. The van der Waals surface area contributed by atoms with Crippen LogP contribution in [0.2, 0.25) is 0 Å². The summed E-state index contributed by atoms with van der Waals surface area (Å²) in [5.74, 6) is 0.370. The summed E-state index contributed by atoms with van der Waals surface area (Å²) < 4.78 is 13.8. The van der Waals surface area contributed by atoms with Crippen LogP contribution >= 0.6 is 12.0 Å². The maximum Gasteiger partial charge on any atom is 0.140 e. The van der Waals surface area contributed by atoms with Crippen molar-refractivity contribution in [2.45, 2.75) is 11.5 Å². The van der Waals surface area contributed by atoms with E-state index < -0.39 is 0 Å². The Bertz CT molecular complexity index is 275. The zero-order valence-corrected chi connectivity index (χ0v) is 7.84. The van der Waals surface area contributed by atoms with Crippen LogP contribution in [0.25, 0.3) is 0 Å². The smallest absolute Gasteiger partial charge is 0.140 e. The molecule has 13 heavy (non-hydrogen) atoms. The molecule has 0 radical (unpaired) electrons. The Morgan fingerprint density at radius 1 is 1.46 bits per heavy atom. The van der Waals surface area contributed by atoms with Crippen molar-refractivity contribution in [3.63, 3.8) is 0 Å². The molecule has 0 fully saturated rings. The van der Waals surface area contributed by atoms with Crippen molar-refractivity contribution in [2.75, 3.05) is 7.11 Å². The van der Waals surface area contributed by atoms with Gasteiger partial charge in [-0.1, -0.05) is 0 Å². The van der Waals surface area contributed by atoms with E-state index in [1.807, 2.05) is 0 Å². The van der Waals surface area contributed by atoms with Crippen molar-refractivity contribution >= 4 is 12.0 Å². The van der Waals surface area contributed by atoms with Gasteiger partial charge in [-0.05, 0) is 12.1 Å². The van der Waals surface area contributed by atoms with E-state index in [2.05, 4.69) is 0 Å². The highest BCUT2D eigenvalue weighted by molar-refractivity contribution is 7.93. The van der Waals surface area contributed by atoms with Crippen molar-refractivity contribution < 1.29 is 19.5 Å². The molecular formula is C8H10O4S. The Labute approximate surface area is 80.0 Å². The molecule has 0 bridgehead atoms. The summed E-state index contributed by atoms with van der Waals surface area (Å²) in [4.78, 5) is 0.381. The first-order chi connectivity index (χ1) is 6.22. The van der Waals surface area contributed by atoms with Crippen LogP contribution in [0.15, 0.2) is 17.0 Å². The Morgan fingerprint density at radius 3 is 2.62 bits per heavy atom. The van der Waals surface area contributed by atoms with Crippen LogP contribution in [0.4, 0.5) is 0 Å². The lowest BCUT2D eigenvalue weighted by Gasteiger charge is -2.10. The quantitative estimate of drug-likeness (QED) is 0.647. The number of hydrogen-bond acceptors (Lipinski definition) is 5. The van der Waals surface area contributed by atoms with Crippen LogP contribution in [-0.2, 0) is 6.61 Å². The molecule has 1 aromatic rings. The number of benzene rings is 1. The number of aliphatic hydroxyl groups excluding tert-OH is 1. The van der Waals surface area contributed by atoms with Crippen LogP contribution in [0, 0.1) is 0 Å². The van der Waals surface area contributed by atoms with Gasteiger partial charge in [-0.25, -0.2) is 0 Å². The molecule has 0 saturated carbocycles. The number of phenolic OH excluding ortho intramolecular Hbond substituents is 1. The van der Waals surface area contributed by atoms with E-state index in [1.165, 1.54) is 19.2 Å². The van der Waals surface area contributed by atoms with Gasteiger partial charge in [0.25, 0.3) is 0 Å². The predicted molar refractivity (Wildman–Crippen MR) is 49.1 cm³/mol.